The summed E-state index contributed by atoms with van der Waals surface area (Å²) in [5.74, 6) is -4.72. The van der Waals surface area contributed by atoms with Crippen molar-refractivity contribution in [3.05, 3.63) is 140 Å². The molecule has 5 atom stereocenters. The standard InChI is InChI=1S/C70H86F2N5O16P/c1-43(47-26-28-52(29-27-47)70(71,72)94(87,92-41-90-65(84)68(3,4)5)93-42-91-66(85)69(6,7)8)36-54(79)37-51-25-24-49-15-10-17-50-38-58(77(61(49)50)64(51)83)63(82)74-55(31-33-60(73)81)44(2)89-40-46-22-20-45(21-23-46)14-12-34-88-35-13-18-48-16-11-19-57-62(48)75(9)67(86)76(57)56-32-30-53(78)39-59(56)80/h10-11,15-17,19-23,26-29,36,44,51,55-56,58H,12-14,18,24-25,30-35,37-42H2,1-9H3,(H2,73,81)(H,74,82)/b43-36+/t44-,51-,55+,56?,58+/m1/s1. The van der Waals surface area contributed by atoms with Gasteiger partial charge in [-0.15, -0.1) is 0 Å². The fourth-order valence-corrected chi connectivity index (χ4v) is 13.1. The van der Waals surface area contributed by atoms with E-state index in [-0.39, 0.29) is 62.4 Å². The first-order valence-electron chi connectivity index (χ1n) is 31.8. The maximum atomic E-state index is 16.3. The number of nitrogens with zero attached hydrogens (tertiary/aromatic N) is 3. The number of hydrogen-bond acceptors (Lipinski definition) is 16. The SMILES string of the molecule is C/C(=C\C(=O)C[C@H]1CCc2cccc3c2N(C1=O)[C@H](C(=O)N[C@@H](CCC(N)=O)[C@@H](C)OCc1ccc(CCCOCCCc2cccc4c2n(C)c(=O)n4C2CCC(=O)CC2=O)cc1)C3)c1ccc(C(F)(F)P(=O)(OCOC(=O)C(C)(C)C)OCOC(=O)C(C)(C)C)cc1. The molecule has 0 radical (unpaired) electrons. The maximum Gasteiger partial charge on any atom is 0.410 e. The summed E-state index contributed by atoms with van der Waals surface area (Å²) in [5, 5.41) is 3.08. The van der Waals surface area contributed by atoms with Crippen molar-refractivity contribution in [1.82, 2.24) is 14.5 Å². The Hall–Kier alpha value is -7.82. The van der Waals surface area contributed by atoms with Gasteiger partial charge in [-0.05, 0) is 158 Å². The number of para-hydroxylation sites is 2. The molecular weight excluding hydrogens is 1240 g/mol. The molecule has 3 heterocycles. The summed E-state index contributed by atoms with van der Waals surface area (Å²) in [6.07, 6.45) is 4.92. The molecule has 0 bridgehead atoms. The summed E-state index contributed by atoms with van der Waals surface area (Å²) in [4.78, 5) is 120. The summed E-state index contributed by atoms with van der Waals surface area (Å²) in [5.41, 5.74) is 5.43. The molecule has 3 N–H and O–H groups in total. The van der Waals surface area contributed by atoms with Gasteiger partial charge in [-0.1, -0.05) is 78.9 Å². The molecule has 21 nitrogen and oxygen atoms in total. The number of allylic oxidation sites excluding steroid dienone is 2. The van der Waals surface area contributed by atoms with Gasteiger partial charge in [0.15, 0.2) is 11.6 Å². The van der Waals surface area contributed by atoms with Crippen LogP contribution in [-0.2, 0) is 116 Å². The number of esters is 2. The molecule has 1 fully saturated rings. The van der Waals surface area contributed by atoms with Crippen LogP contribution in [0.4, 0.5) is 14.5 Å². The highest BCUT2D eigenvalue weighted by Crippen LogP contribution is 2.67. The van der Waals surface area contributed by atoms with Crippen LogP contribution in [0.25, 0.3) is 16.6 Å². The molecule has 1 saturated carbocycles. The number of alkyl halides is 2. The van der Waals surface area contributed by atoms with Gasteiger partial charge in [0.2, 0.25) is 31.3 Å². The van der Waals surface area contributed by atoms with Crippen LogP contribution >= 0.6 is 7.60 Å². The van der Waals surface area contributed by atoms with E-state index in [9.17, 15) is 47.7 Å². The van der Waals surface area contributed by atoms with Crippen LogP contribution in [0.2, 0.25) is 0 Å². The van der Waals surface area contributed by atoms with Crippen LogP contribution in [0.5, 0.6) is 0 Å². The normalized spacial score (nSPS) is 17.8. The van der Waals surface area contributed by atoms with Crippen LogP contribution in [0, 0.1) is 16.7 Å². The van der Waals surface area contributed by atoms with Crippen molar-refractivity contribution in [3.63, 3.8) is 0 Å². The van der Waals surface area contributed by atoms with Crippen molar-refractivity contribution in [2.75, 3.05) is 31.7 Å². The van der Waals surface area contributed by atoms with E-state index in [1.165, 1.54) is 64.7 Å². The molecule has 24 heteroatoms. The predicted octanol–water partition coefficient (Wildman–Crippen LogP) is 10.4. The number of imidazole rings is 1. The number of fused-ring (bicyclic) bond motifs is 1. The van der Waals surface area contributed by atoms with E-state index in [2.05, 4.69) is 5.32 Å². The Morgan fingerprint density at radius 2 is 1.40 bits per heavy atom. The van der Waals surface area contributed by atoms with Gasteiger partial charge < -0.3 is 30.0 Å². The van der Waals surface area contributed by atoms with Gasteiger partial charge in [0.1, 0.15) is 11.8 Å². The predicted molar refractivity (Wildman–Crippen MR) is 346 cm³/mol. The molecule has 0 spiro atoms. The Morgan fingerprint density at radius 3 is 2.03 bits per heavy atom. The Balaban J connectivity index is 0.837. The fraction of sp³-hybridized carbons (Fsp3) is 0.500. The average Bonchev–Trinajstić information content (AvgIpc) is 1.58. The number of ketones is 3. The number of amides is 3. The Bertz CT molecular complexity index is 3750. The molecule has 506 valence electrons. The largest absolute Gasteiger partial charge is 0.438 e. The number of aromatic nitrogens is 2. The molecule has 3 amide bonds. The van der Waals surface area contributed by atoms with Crippen LogP contribution in [0.3, 0.4) is 0 Å². The number of anilines is 1. The number of primary amides is 1. The minimum atomic E-state index is -5.60. The number of Topliss-reactive ketones (excluding diaryl/α,β-unsaturated/α-hetero) is 2. The monoisotopic (exact) mass is 1320 g/mol. The zero-order valence-corrected chi connectivity index (χ0v) is 55.8. The van der Waals surface area contributed by atoms with Gasteiger partial charge in [-0.3, -0.25) is 66.0 Å². The summed E-state index contributed by atoms with van der Waals surface area (Å²) < 4.78 is 81.8. The third-order valence-electron chi connectivity index (χ3n) is 17.3. The number of nitrogens with one attached hydrogen (secondary N) is 1. The first-order valence-corrected chi connectivity index (χ1v) is 33.4. The Kier molecular flexibility index (Phi) is 23.5. The third-order valence-corrected chi connectivity index (χ3v) is 19.1. The summed E-state index contributed by atoms with van der Waals surface area (Å²) in [7, 11) is -3.89. The van der Waals surface area contributed by atoms with E-state index in [0.29, 0.717) is 61.2 Å². The number of hydrogen-bond donors (Lipinski definition) is 2. The molecule has 2 aliphatic heterocycles. The van der Waals surface area contributed by atoms with E-state index >= 15 is 8.78 Å². The third kappa shape index (κ3) is 17.4. The zero-order chi connectivity index (χ0) is 68.5. The number of halogens is 2. The Morgan fingerprint density at radius 1 is 0.787 bits per heavy atom. The molecule has 4 aromatic carbocycles. The van der Waals surface area contributed by atoms with Crippen LogP contribution < -0.4 is 21.6 Å². The number of aryl methyl sites for hydroxylation is 4. The molecule has 94 heavy (non-hydrogen) atoms. The topological polar surface area (TPSA) is 277 Å². The number of carbonyl (C=O) groups excluding carboxylic acids is 8. The highest BCUT2D eigenvalue weighted by atomic mass is 31.2. The lowest BCUT2D eigenvalue weighted by Crippen LogP contribution is -2.54. The van der Waals surface area contributed by atoms with Crippen LogP contribution in [-0.4, -0.2) is 101 Å². The van der Waals surface area contributed by atoms with E-state index in [4.69, 9.17) is 33.7 Å². The molecule has 3 aliphatic rings. The molecule has 1 unspecified atom stereocenters. The van der Waals surface area contributed by atoms with Crippen LogP contribution in [0.15, 0.2) is 95.8 Å². The van der Waals surface area contributed by atoms with Gasteiger partial charge in [0, 0.05) is 57.4 Å². The van der Waals surface area contributed by atoms with Gasteiger partial charge in [0.05, 0.1) is 58.8 Å². The van der Waals surface area contributed by atoms with Crippen LogP contribution in [0.1, 0.15) is 158 Å². The van der Waals surface area contributed by atoms with Crippen molar-refractivity contribution >= 4 is 76.9 Å². The molecule has 5 aromatic rings. The quantitative estimate of drug-likeness (QED) is 0.0108. The van der Waals surface area contributed by atoms with Crippen molar-refractivity contribution in [1.29, 1.82) is 0 Å². The first-order chi connectivity index (χ1) is 44.4. The van der Waals surface area contributed by atoms with Gasteiger partial charge in [0.25, 0.3) is 0 Å². The molecule has 0 saturated heterocycles. The molecule has 1 aromatic heterocycles. The second-order valence-electron chi connectivity index (χ2n) is 26.6. The summed E-state index contributed by atoms with van der Waals surface area (Å²) >= 11 is 0. The highest BCUT2D eigenvalue weighted by Gasteiger charge is 2.56. The van der Waals surface area contributed by atoms with Gasteiger partial charge in [-0.25, -0.2) is 4.79 Å². The lowest BCUT2D eigenvalue weighted by Gasteiger charge is -2.31. The lowest BCUT2D eigenvalue weighted by atomic mass is 9.92. The van der Waals surface area contributed by atoms with Crippen molar-refractivity contribution < 1.29 is 79.7 Å². The molecular formula is C70H86F2N5O16P. The number of rotatable bonds is 30. The van der Waals surface area contributed by atoms with E-state index in [1.54, 1.807) is 30.0 Å². The van der Waals surface area contributed by atoms with E-state index in [1.807, 2.05) is 60.7 Å². The number of benzene rings is 4. The van der Waals surface area contributed by atoms with Crippen molar-refractivity contribution in [2.24, 2.45) is 29.5 Å². The van der Waals surface area contributed by atoms with Crippen molar-refractivity contribution in [3.8, 4) is 0 Å². The minimum absolute atomic E-state index is 0.0480. The van der Waals surface area contributed by atoms with Gasteiger partial charge in [-0.2, -0.15) is 8.78 Å². The number of nitrogens with two attached hydrogens (primary N) is 1. The lowest BCUT2D eigenvalue weighted by molar-refractivity contribution is -0.163. The minimum Gasteiger partial charge on any atom is -0.438 e. The van der Waals surface area contributed by atoms with E-state index < -0.39 is 109 Å². The Labute approximate surface area is 545 Å². The maximum absolute atomic E-state index is 16.3. The number of carbonyl (C=O) groups is 8. The van der Waals surface area contributed by atoms with E-state index in [0.717, 1.165) is 64.7 Å². The first kappa shape index (κ1) is 72.0. The second-order valence-corrected chi connectivity index (χ2v) is 28.6. The zero-order valence-electron chi connectivity index (χ0n) is 54.9. The average molecular weight is 1320 g/mol. The number of ether oxygens (including phenoxy) is 4. The smallest absolute Gasteiger partial charge is 0.410 e. The summed E-state index contributed by atoms with van der Waals surface area (Å²) in [6.45, 7) is 11.4. The molecule has 8 rings (SSSR count). The second kappa shape index (κ2) is 30.7. The van der Waals surface area contributed by atoms with Gasteiger partial charge >= 0.3 is 30.9 Å². The van der Waals surface area contributed by atoms with Crippen molar-refractivity contribution in [2.45, 2.75) is 175 Å². The highest BCUT2D eigenvalue weighted by molar-refractivity contribution is 7.54. The summed E-state index contributed by atoms with van der Waals surface area (Å²) in [6, 6.07) is 21.5. The fourth-order valence-electron chi connectivity index (χ4n) is 11.9. The molecule has 1 aliphatic carbocycles.